The van der Waals surface area contributed by atoms with Crippen molar-refractivity contribution in [2.75, 3.05) is 6.54 Å². The van der Waals surface area contributed by atoms with E-state index >= 15 is 0 Å². The largest absolute Gasteiger partial charge is 0.468 e. The first-order valence-electron chi connectivity index (χ1n) is 11.6. The molecule has 0 aliphatic carbocycles. The molecule has 0 spiro atoms. The normalized spacial score (nSPS) is 12.1. The van der Waals surface area contributed by atoms with E-state index in [4.69, 9.17) is 9.40 Å². The summed E-state index contributed by atoms with van der Waals surface area (Å²) in [6, 6.07) is 26.7. The fourth-order valence-electron chi connectivity index (χ4n) is 4.34. The van der Waals surface area contributed by atoms with Crippen LogP contribution in [-0.2, 0) is 23.0 Å². The first kappa shape index (κ1) is 22.7. The third-order valence-electron chi connectivity index (χ3n) is 6.24. The third kappa shape index (κ3) is 4.35. The molecule has 0 atom stereocenters. The Hall–Kier alpha value is -3.72. The summed E-state index contributed by atoms with van der Waals surface area (Å²) in [5.74, 6) is 0.603. The highest BCUT2D eigenvalue weighted by molar-refractivity contribution is 7.89. The smallest absolute Gasteiger partial charge is 0.243 e. The summed E-state index contributed by atoms with van der Waals surface area (Å²) in [7, 11) is -3.69. The highest BCUT2D eigenvalue weighted by Gasteiger charge is 2.25. The van der Waals surface area contributed by atoms with E-state index in [1.54, 1.807) is 54.0 Å². The van der Waals surface area contributed by atoms with Crippen molar-refractivity contribution in [2.24, 2.45) is 0 Å². The maximum atomic E-state index is 13.4. The zero-order valence-corrected chi connectivity index (χ0v) is 21.0. The molecule has 0 fully saturated rings. The molecule has 6 rings (SSSR count). The SMILES string of the molecule is O=S(=O)(c1ccccc1)N(CCc1csc2nc(-c3ccc4ccccc4c3)cn12)Cc1ccco1. The summed E-state index contributed by atoms with van der Waals surface area (Å²) in [4.78, 5) is 5.99. The first-order chi connectivity index (χ1) is 17.6. The van der Waals surface area contributed by atoms with Crippen LogP contribution in [-0.4, -0.2) is 28.7 Å². The quantitative estimate of drug-likeness (QED) is 0.242. The molecule has 0 saturated heterocycles. The van der Waals surface area contributed by atoms with Crippen molar-refractivity contribution in [1.82, 2.24) is 13.7 Å². The van der Waals surface area contributed by atoms with Gasteiger partial charge in [-0.1, -0.05) is 54.6 Å². The van der Waals surface area contributed by atoms with Crippen LogP contribution < -0.4 is 0 Å². The lowest BCUT2D eigenvalue weighted by Crippen LogP contribution is -2.32. The van der Waals surface area contributed by atoms with Gasteiger partial charge >= 0.3 is 0 Å². The van der Waals surface area contributed by atoms with Crippen molar-refractivity contribution in [3.63, 3.8) is 0 Å². The van der Waals surface area contributed by atoms with Gasteiger partial charge in [-0.3, -0.25) is 4.40 Å². The average molecular weight is 514 g/mol. The van der Waals surface area contributed by atoms with E-state index in [0.29, 0.717) is 18.7 Å². The second-order valence-corrected chi connectivity index (χ2v) is 11.3. The molecule has 0 bridgehead atoms. The van der Waals surface area contributed by atoms with Gasteiger partial charge in [-0.15, -0.1) is 11.3 Å². The number of hydrogen-bond acceptors (Lipinski definition) is 5. The molecule has 8 heteroatoms. The molecule has 0 aliphatic heterocycles. The van der Waals surface area contributed by atoms with Crippen LogP contribution in [0.3, 0.4) is 0 Å². The summed E-state index contributed by atoms with van der Waals surface area (Å²) < 4.78 is 35.9. The van der Waals surface area contributed by atoms with Crippen LogP contribution >= 0.6 is 11.3 Å². The van der Waals surface area contributed by atoms with E-state index in [1.165, 1.54) is 15.1 Å². The van der Waals surface area contributed by atoms with Gasteiger partial charge in [0.2, 0.25) is 10.0 Å². The van der Waals surface area contributed by atoms with Crippen LogP contribution in [0.25, 0.3) is 27.0 Å². The molecule has 3 aromatic carbocycles. The summed E-state index contributed by atoms with van der Waals surface area (Å²) in [5.41, 5.74) is 2.97. The molecule has 180 valence electrons. The number of fused-ring (bicyclic) bond motifs is 2. The first-order valence-corrected chi connectivity index (χ1v) is 13.9. The number of hydrogen-bond donors (Lipinski definition) is 0. The standard InChI is InChI=1S/C28H23N3O3S2/c32-36(33,26-10-2-1-3-11-26)30(18-25-9-6-16-34-25)15-14-24-20-35-28-29-27(19-31(24)28)23-13-12-21-7-4-5-8-22(21)17-23/h1-13,16-17,19-20H,14-15,18H2. The van der Waals surface area contributed by atoms with Gasteiger partial charge in [0.25, 0.3) is 0 Å². The molecular weight excluding hydrogens is 490 g/mol. The minimum atomic E-state index is -3.69. The number of benzene rings is 3. The topological polar surface area (TPSA) is 67.8 Å². The molecule has 0 amide bonds. The Balaban J connectivity index is 1.28. The fourth-order valence-corrected chi connectivity index (χ4v) is 6.67. The van der Waals surface area contributed by atoms with Crippen LogP contribution in [0, 0.1) is 0 Å². The zero-order chi connectivity index (χ0) is 24.5. The van der Waals surface area contributed by atoms with Crippen molar-refractivity contribution in [3.05, 3.63) is 114 Å². The number of nitrogens with zero attached hydrogens (tertiary/aromatic N) is 3. The van der Waals surface area contributed by atoms with Crippen molar-refractivity contribution in [2.45, 2.75) is 17.9 Å². The van der Waals surface area contributed by atoms with E-state index in [2.05, 4.69) is 34.7 Å². The predicted molar refractivity (Wildman–Crippen MR) is 142 cm³/mol. The number of imidazole rings is 1. The molecule has 0 radical (unpaired) electrons. The van der Waals surface area contributed by atoms with Gasteiger partial charge in [-0.25, -0.2) is 13.4 Å². The Labute approximate surface area is 213 Å². The fraction of sp³-hybridized carbons (Fsp3) is 0.107. The number of sulfonamides is 1. The van der Waals surface area contributed by atoms with E-state index in [1.807, 2.05) is 29.8 Å². The van der Waals surface area contributed by atoms with Gasteiger partial charge in [0.1, 0.15) is 5.76 Å². The summed E-state index contributed by atoms with van der Waals surface area (Å²) in [6.07, 6.45) is 4.14. The van der Waals surface area contributed by atoms with E-state index in [0.717, 1.165) is 21.9 Å². The maximum Gasteiger partial charge on any atom is 0.243 e. The lowest BCUT2D eigenvalue weighted by atomic mass is 10.1. The Morgan fingerprint density at radius 3 is 2.53 bits per heavy atom. The minimum absolute atomic E-state index is 0.170. The minimum Gasteiger partial charge on any atom is -0.468 e. The van der Waals surface area contributed by atoms with Gasteiger partial charge in [-0.2, -0.15) is 4.31 Å². The Bertz CT molecular complexity index is 1740. The molecular formula is C28H23N3O3S2. The van der Waals surface area contributed by atoms with Crippen LogP contribution in [0.1, 0.15) is 11.5 Å². The molecule has 0 saturated carbocycles. The molecule has 3 aromatic heterocycles. The van der Waals surface area contributed by atoms with Gasteiger partial charge in [0.15, 0.2) is 4.96 Å². The highest BCUT2D eigenvalue weighted by atomic mass is 32.2. The second-order valence-electron chi connectivity index (χ2n) is 8.55. The van der Waals surface area contributed by atoms with Crippen LogP contribution in [0.2, 0.25) is 0 Å². The molecule has 0 aliphatic rings. The summed E-state index contributed by atoms with van der Waals surface area (Å²) in [5, 5.41) is 4.41. The van der Waals surface area contributed by atoms with Gasteiger partial charge in [0, 0.05) is 35.8 Å². The molecule has 6 nitrogen and oxygen atoms in total. The van der Waals surface area contributed by atoms with Crippen molar-refractivity contribution in [1.29, 1.82) is 0 Å². The molecule has 3 heterocycles. The van der Waals surface area contributed by atoms with Crippen LogP contribution in [0.15, 0.2) is 112 Å². The third-order valence-corrected chi connectivity index (χ3v) is 8.99. The molecule has 0 unspecified atom stereocenters. The summed E-state index contributed by atoms with van der Waals surface area (Å²) in [6.45, 7) is 0.483. The predicted octanol–water partition coefficient (Wildman–Crippen LogP) is 6.24. The number of rotatable bonds is 8. The van der Waals surface area contributed by atoms with E-state index in [-0.39, 0.29) is 11.4 Å². The lowest BCUT2D eigenvalue weighted by Gasteiger charge is -2.21. The van der Waals surface area contributed by atoms with E-state index < -0.39 is 10.0 Å². The van der Waals surface area contributed by atoms with Crippen molar-refractivity contribution < 1.29 is 12.8 Å². The van der Waals surface area contributed by atoms with Crippen molar-refractivity contribution in [3.8, 4) is 11.3 Å². The number of furan rings is 1. The van der Waals surface area contributed by atoms with Crippen molar-refractivity contribution >= 4 is 37.1 Å². The number of thiazole rings is 1. The molecule has 36 heavy (non-hydrogen) atoms. The van der Waals surface area contributed by atoms with Crippen LogP contribution in [0.5, 0.6) is 0 Å². The zero-order valence-electron chi connectivity index (χ0n) is 19.3. The maximum absolute atomic E-state index is 13.4. The molecule has 0 N–H and O–H groups in total. The highest BCUT2D eigenvalue weighted by Crippen LogP contribution is 2.27. The Kier molecular flexibility index (Phi) is 5.92. The van der Waals surface area contributed by atoms with Gasteiger partial charge < -0.3 is 4.42 Å². The Morgan fingerprint density at radius 2 is 1.72 bits per heavy atom. The second kappa shape index (κ2) is 9.39. The number of aromatic nitrogens is 2. The van der Waals surface area contributed by atoms with Crippen LogP contribution in [0.4, 0.5) is 0 Å². The monoisotopic (exact) mass is 513 g/mol. The molecule has 6 aromatic rings. The lowest BCUT2D eigenvalue weighted by molar-refractivity contribution is 0.365. The van der Waals surface area contributed by atoms with Gasteiger partial charge in [0.05, 0.1) is 23.4 Å². The average Bonchev–Trinajstić information content (AvgIpc) is 3.65. The Morgan fingerprint density at radius 1 is 0.917 bits per heavy atom. The summed E-state index contributed by atoms with van der Waals surface area (Å²) >= 11 is 1.56. The van der Waals surface area contributed by atoms with Gasteiger partial charge in [-0.05, 0) is 41.1 Å². The van der Waals surface area contributed by atoms with E-state index in [9.17, 15) is 8.42 Å².